The molecule has 5 nitrogen and oxygen atoms in total. The molecule has 18 heavy (non-hydrogen) atoms. The van der Waals surface area contributed by atoms with Crippen LogP contribution in [0.4, 0.5) is 0 Å². The van der Waals surface area contributed by atoms with E-state index in [1.807, 2.05) is 19.1 Å². The molecule has 0 aliphatic rings. The van der Waals surface area contributed by atoms with Gasteiger partial charge in [-0.05, 0) is 25.1 Å². The molecule has 0 aliphatic carbocycles. The van der Waals surface area contributed by atoms with E-state index in [0.29, 0.717) is 12.1 Å². The van der Waals surface area contributed by atoms with Crippen LogP contribution in [-0.2, 0) is 6.54 Å². The Bertz CT molecular complexity index is 444. The van der Waals surface area contributed by atoms with E-state index in [0.717, 1.165) is 11.3 Å². The number of nitrogens with two attached hydrogens (primary N) is 1. The summed E-state index contributed by atoms with van der Waals surface area (Å²) in [6.45, 7) is 6.33. The van der Waals surface area contributed by atoms with Crippen molar-refractivity contribution in [3.8, 4) is 5.75 Å². The van der Waals surface area contributed by atoms with Crippen LogP contribution in [0, 0.1) is 0 Å². The third kappa shape index (κ3) is 3.49. The Morgan fingerprint density at radius 3 is 2.94 bits per heavy atom. The molecule has 98 valence electrons. The SMILES string of the molecule is C=CC(C)NCc1cc(/C(N)=N/O)ccc1OC. The molecule has 0 aliphatic heterocycles. The largest absolute Gasteiger partial charge is 0.496 e. The van der Waals surface area contributed by atoms with Crippen LogP contribution < -0.4 is 15.8 Å². The van der Waals surface area contributed by atoms with Crippen LogP contribution in [0.5, 0.6) is 5.75 Å². The minimum absolute atomic E-state index is 0.0793. The molecule has 0 fully saturated rings. The van der Waals surface area contributed by atoms with Gasteiger partial charge in [-0.1, -0.05) is 11.2 Å². The molecule has 1 rings (SSSR count). The quantitative estimate of drug-likeness (QED) is 0.234. The summed E-state index contributed by atoms with van der Waals surface area (Å²) in [6, 6.07) is 5.57. The van der Waals surface area contributed by atoms with Crippen molar-refractivity contribution in [2.45, 2.75) is 19.5 Å². The number of hydrogen-bond donors (Lipinski definition) is 3. The Kier molecular flexibility index (Phi) is 5.20. The highest BCUT2D eigenvalue weighted by Gasteiger charge is 2.07. The molecular weight excluding hydrogens is 230 g/mol. The molecule has 0 heterocycles. The molecule has 1 aromatic carbocycles. The van der Waals surface area contributed by atoms with Gasteiger partial charge in [-0.15, -0.1) is 6.58 Å². The fourth-order valence-electron chi connectivity index (χ4n) is 1.49. The number of ether oxygens (including phenoxy) is 1. The third-order valence-electron chi connectivity index (χ3n) is 2.65. The maximum Gasteiger partial charge on any atom is 0.170 e. The summed E-state index contributed by atoms with van der Waals surface area (Å²) in [5, 5.41) is 14.9. The summed E-state index contributed by atoms with van der Waals surface area (Å²) in [4.78, 5) is 0. The van der Waals surface area contributed by atoms with E-state index in [-0.39, 0.29) is 11.9 Å². The van der Waals surface area contributed by atoms with E-state index in [2.05, 4.69) is 17.1 Å². The molecule has 4 N–H and O–H groups in total. The van der Waals surface area contributed by atoms with Crippen molar-refractivity contribution in [3.05, 3.63) is 42.0 Å². The summed E-state index contributed by atoms with van der Waals surface area (Å²) in [7, 11) is 1.61. The van der Waals surface area contributed by atoms with Crippen LogP contribution >= 0.6 is 0 Å². The Hall–Kier alpha value is -2.01. The van der Waals surface area contributed by atoms with Crippen molar-refractivity contribution < 1.29 is 9.94 Å². The van der Waals surface area contributed by atoms with Gasteiger partial charge in [0.1, 0.15) is 5.75 Å². The van der Waals surface area contributed by atoms with Gasteiger partial charge in [0.05, 0.1) is 7.11 Å². The first-order chi connectivity index (χ1) is 8.62. The summed E-state index contributed by atoms with van der Waals surface area (Å²) < 4.78 is 5.27. The van der Waals surface area contributed by atoms with Gasteiger partial charge in [0.15, 0.2) is 5.84 Å². The standard InChI is InChI=1S/C13H19N3O2/c1-4-9(2)15-8-11-7-10(13(14)16-17)5-6-12(11)18-3/h4-7,9,15,17H,1,8H2,2-3H3,(H2,14,16). The molecule has 0 aromatic heterocycles. The lowest BCUT2D eigenvalue weighted by atomic mass is 10.1. The summed E-state index contributed by atoms with van der Waals surface area (Å²) >= 11 is 0. The lowest BCUT2D eigenvalue weighted by molar-refractivity contribution is 0.318. The molecule has 1 unspecified atom stereocenters. The number of rotatable bonds is 6. The molecule has 5 heteroatoms. The van der Waals surface area contributed by atoms with Gasteiger partial charge in [0.2, 0.25) is 0 Å². The number of oxime groups is 1. The fourth-order valence-corrected chi connectivity index (χ4v) is 1.49. The zero-order chi connectivity index (χ0) is 13.5. The van der Waals surface area contributed by atoms with Crippen LogP contribution in [0.2, 0.25) is 0 Å². The zero-order valence-corrected chi connectivity index (χ0v) is 10.7. The van der Waals surface area contributed by atoms with E-state index < -0.39 is 0 Å². The number of methoxy groups -OCH3 is 1. The summed E-state index contributed by atoms with van der Waals surface area (Å²) in [5.74, 6) is 0.837. The van der Waals surface area contributed by atoms with Gasteiger partial charge >= 0.3 is 0 Å². The van der Waals surface area contributed by atoms with Crippen molar-refractivity contribution >= 4 is 5.84 Å². The van der Waals surface area contributed by atoms with Crippen LogP contribution in [0.25, 0.3) is 0 Å². The Balaban J connectivity index is 2.95. The van der Waals surface area contributed by atoms with Crippen molar-refractivity contribution in [1.82, 2.24) is 5.32 Å². The molecule has 1 aromatic rings. The van der Waals surface area contributed by atoms with E-state index in [9.17, 15) is 0 Å². The van der Waals surface area contributed by atoms with Crippen LogP contribution in [0.3, 0.4) is 0 Å². The molecule has 0 amide bonds. The van der Waals surface area contributed by atoms with Crippen LogP contribution in [-0.4, -0.2) is 24.2 Å². The summed E-state index contributed by atoms with van der Waals surface area (Å²) in [5.41, 5.74) is 7.15. The molecule has 0 spiro atoms. The maximum absolute atomic E-state index is 8.66. The molecule has 0 bridgehead atoms. The van der Waals surface area contributed by atoms with Gasteiger partial charge in [-0.3, -0.25) is 0 Å². The normalized spacial score (nSPS) is 13.1. The maximum atomic E-state index is 8.66. The van der Waals surface area contributed by atoms with Gasteiger partial charge in [-0.25, -0.2) is 0 Å². The van der Waals surface area contributed by atoms with Crippen LogP contribution in [0.1, 0.15) is 18.1 Å². The summed E-state index contributed by atoms with van der Waals surface area (Å²) in [6.07, 6.45) is 1.82. The topological polar surface area (TPSA) is 79.9 Å². The molecule has 0 saturated heterocycles. The minimum atomic E-state index is 0.0793. The second-order valence-electron chi connectivity index (χ2n) is 3.92. The van der Waals surface area contributed by atoms with Crippen molar-refractivity contribution in [1.29, 1.82) is 0 Å². The minimum Gasteiger partial charge on any atom is -0.496 e. The van der Waals surface area contributed by atoms with E-state index in [1.54, 1.807) is 19.2 Å². The van der Waals surface area contributed by atoms with Crippen molar-refractivity contribution in [3.63, 3.8) is 0 Å². The van der Waals surface area contributed by atoms with Gasteiger partial charge in [-0.2, -0.15) is 0 Å². The highest BCUT2D eigenvalue weighted by atomic mass is 16.5. The highest BCUT2D eigenvalue weighted by molar-refractivity contribution is 5.97. The van der Waals surface area contributed by atoms with Crippen molar-refractivity contribution in [2.24, 2.45) is 10.9 Å². The lowest BCUT2D eigenvalue weighted by Gasteiger charge is -2.13. The second-order valence-corrected chi connectivity index (χ2v) is 3.92. The van der Waals surface area contributed by atoms with E-state index >= 15 is 0 Å². The van der Waals surface area contributed by atoms with Gasteiger partial charge in [0.25, 0.3) is 0 Å². The predicted molar refractivity (Wildman–Crippen MR) is 72.0 cm³/mol. The number of nitrogens with one attached hydrogen (secondary N) is 1. The monoisotopic (exact) mass is 249 g/mol. The van der Waals surface area contributed by atoms with E-state index in [1.165, 1.54) is 0 Å². The van der Waals surface area contributed by atoms with E-state index in [4.69, 9.17) is 15.7 Å². The van der Waals surface area contributed by atoms with Crippen LogP contribution in [0.15, 0.2) is 36.0 Å². The Morgan fingerprint density at radius 2 is 2.39 bits per heavy atom. The predicted octanol–water partition coefficient (Wildman–Crippen LogP) is 1.45. The van der Waals surface area contributed by atoms with Gasteiger partial charge < -0.3 is 21.0 Å². The van der Waals surface area contributed by atoms with Gasteiger partial charge in [0, 0.05) is 23.7 Å². The smallest absolute Gasteiger partial charge is 0.170 e. The number of benzene rings is 1. The number of hydrogen-bond acceptors (Lipinski definition) is 4. The number of nitrogens with zero attached hydrogens (tertiary/aromatic N) is 1. The first-order valence-electron chi connectivity index (χ1n) is 5.63. The lowest BCUT2D eigenvalue weighted by Crippen LogP contribution is -2.23. The Labute approximate surface area is 107 Å². The third-order valence-corrected chi connectivity index (χ3v) is 2.65. The molecule has 1 atom stereocenters. The molecule has 0 saturated carbocycles. The first kappa shape index (κ1) is 14.1. The molecule has 0 radical (unpaired) electrons. The van der Waals surface area contributed by atoms with Crippen molar-refractivity contribution in [2.75, 3.05) is 7.11 Å². The first-order valence-corrected chi connectivity index (χ1v) is 5.63. The fraction of sp³-hybridized carbons (Fsp3) is 0.308. The second kappa shape index (κ2) is 6.66. The molecular formula is C13H19N3O2. The average molecular weight is 249 g/mol. The average Bonchev–Trinajstić information content (AvgIpc) is 2.43. The number of amidine groups is 1. The Morgan fingerprint density at radius 1 is 1.67 bits per heavy atom. The highest BCUT2D eigenvalue weighted by Crippen LogP contribution is 2.19. The zero-order valence-electron chi connectivity index (χ0n) is 10.7.